The molecule has 0 heterocycles. The molecule has 0 aliphatic rings. The topological polar surface area (TPSA) is 293 Å². The second-order valence-electron chi connectivity index (χ2n) is 16.4. The van der Waals surface area contributed by atoms with Gasteiger partial charge in [0.15, 0.2) is 11.2 Å². The second kappa shape index (κ2) is 50.0. The van der Waals surface area contributed by atoms with Crippen LogP contribution >= 0.6 is 0 Å². The van der Waals surface area contributed by atoms with E-state index in [1.807, 2.05) is 0 Å². The summed E-state index contributed by atoms with van der Waals surface area (Å²) in [4.78, 5) is 89.5. The van der Waals surface area contributed by atoms with Crippen LogP contribution < -0.4 is 30.6 Å². The number of carboxylic acids is 6. The number of hydrogen-bond donors (Lipinski definition) is 0. The van der Waals surface area contributed by atoms with Crippen molar-refractivity contribution in [3.8, 4) is 0 Å². The number of hydrogen-bond acceptors (Lipinski definition) is 16. The van der Waals surface area contributed by atoms with Gasteiger partial charge in [-0.15, -0.1) is 0 Å². The van der Waals surface area contributed by atoms with Crippen LogP contribution in [0.5, 0.6) is 0 Å². The smallest absolute Gasteiger partial charge is 0.550 e. The Hall–Kier alpha value is -0.981. The van der Waals surface area contributed by atoms with Gasteiger partial charge < -0.3 is 68.9 Å². The summed E-state index contributed by atoms with van der Waals surface area (Å²) in [6.45, 7) is 4.43. The predicted octanol–water partition coefficient (Wildman–Crippen LogP) is 1.53. The quantitative estimate of drug-likeness (QED) is 0.0362. The molecule has 0 fully saturated rings. The largest absolute Gasteiger partial charge is 2.00 e. The van der Waals surface area contributed by atoms with E-state index in [1.54, 1.807) is 0 Å². The maximum Gasteiger partial charge on any atom is 2.00 e. The second-order valence-corrected chi connectivity index (χ2v) is 16.4. The summed E-state index contributed by atoms with van der Waals surface area (Å²) < 4.78 is 9.38. The van der Waals surface area contributed by atoms with E-state index in [2.05, 4.69) is 47.6 Å². The molecule has 368 valence electrons. The van der Waals surface area contributed by atoms with Crippen molar-refractivity contribution in [1.29, 1.82) is 0 Å². The van der Waals surface area contributed by atoms with Crippen LogP contribution in [-0.4, -0.2) is 172 Å². The van der Waals surface area contributed by atoms with Crippen molar-refractivity contribution < 1.29 is 78.5 Å². The fourth-order valence-electron chi connectivity index (χ4n) is 6.79. The van der Waals surface area contributed by atoms with Crippen LogP contribution in [-0.2, 0) is 47.8 Å². The fourth-order valence-corrected chi connectivity index (χ4v) is 6.79. The van der Waals surface area contributed by atoms with E-state index in [4.69, 9.17) is 0 Å². The molecule has 0 amide bonds. The van der Waals surface area contributed by atoms with E-state index in [-0.39, 0.29) is 126 Å². The minimum atomic E-state index is -2.82. The number of ether oxygens (including phenoxy) is 2. The number of aliphatic carboxylic acids is 6. The van der Waals surface area contributed by atoms with Crippen LogP contribution in [0.15, 0.2) is 24.3 Å². The monoisotopic (exact) mass is 1030 g/mol. The first kappa shape index (κ1) is 75.0. The average molecular weight is 1030 g/mol. The molecule has 0 radical (unpaired) electrons. The molecule has 0 saturated carbocycles. The van der Waals surface area contributed by atoms with E-state index in [0.717, 1.165) is 77.0 Å². The normalized spacial score (nSPS) is 11.0. The number of carboxylic acid groups (broad SMARTS) is 6. The van der Waals surface area contributed by atoms with E-state index in [9.17, 15) is 69.0 Å². The van der Waals surface area contributed by atoms with E-state index in [1.165, 1.54) is 77.0 Å². The van der Waals surface area contributed by atoms with Gasteiger partial charge in [-0.25, -0.2) is 0 Å². The van der Waals surface area contributed by atoms with Gasteiger partial charge in [-0.05, 0) is 64.2 Å². The van der Waals surface area contributed by atoms with Crippen molar-refractivity contribution in [3.05, 3.63) is 24.3 Å². The molecule has 19 heteroatoms. The number of carbonyl (C=O) groups excluding carboxylic acids is 8. The minimum Gasteiger partial charge on any atom is -0.550 e. The van der Waals surface area contributed by atoms with Crippen molar-refractivity contribution in [3.63, 3.8) is 0 Å². The van der Waals surface area contributed by atoms with Crippen LogP contribution in [0, 0.1) is 0 Å². The summed E-state index contributed by atoms with van der Waals surface area (Å²) in [7, 11) is 0. The van der Waals surface area contributed by atoms with Gasteiger partial charge >= 0.3 is 125 Å². The third kappa shape index (κ3) is 45.9. The molecule has 67 heavy (non-hydrogen) atoms. The summed E-state index contributed by atoms with van der Waals surface area (Å²) >= 11 is 0. The van der Waals surface area contributed by atoms with Crippen molar-refractivity contribution in [1.82, 2.24) is 0 Å². The molecule has 0 aromatic carbocycles. The standard InChI is InChI=1S/2C24H40O8.3Ca/c2*1-2-3-4-5-6-7-8-9-10-11-12-13-14-15-16-17-22(29)32-24(23(30)31,18-20(25)26)19-21(27)28;;;/h2*9-10H,2-8,11-19H2,1H3,(H,25,26)(H,27,28)(H,30,31);;;/q;;3*+2/p-6/b2*10-9-;;;. The van der Waals surface area contributed by atoms with Gasteiger partial charge in [0, 0.05) is 62.4 Å². The molecular formula is C48H74Ca3O16. The molecule has 0 saturated heterocycles. The van der Waals surface area contributed by atoms with E-state index >= 15 is 0 Å². The van der Waals surface area contributed by atoms with Crippen LogP contribution in [0.3, 0.4) is 0 Å². The third-order valence-electron chi connectivity index (χ3n) is 10.4. The Kier molecular flexibility index (Phi) is 55.9. The molecular weight excluding hydrogens is 953 g/mol. The summed E-state index contributed by atoms with van der Waals surface area (Å²) in [6.07, 6.45) is 31.3. The average Bonchev–Trinajstić information content (AvgIpc) is 3.19. The molecule has 0 aromatic heterocycles. The summed E-state index contributed by atoms with van der Waals surface area (Å²) in [5, 5.41) is 65.6. The SMILES string of the molecule is CCCCCCCC/C=C\CCCCCCCC(=O)OC(CC(=O)[O-])(CC(=O)[O-])C(=O)[O-].CCCCCCCC/C=C\CCCCCCCC(=O)OC(CC(=O)[O-])(CC(=O)[O-])C(=O)[O-].[Ca+2].[Ca+2].[Ca+2]. The molecule has 0 atom stereocenters. The maximum atomic E-state index is 11.9. The Morgan fingerprint density at radius 2 is 0.552 bits per heavy atom. The molecule has 0 aliphatic heterocycles. The number of rotatable bonds is 42. The van der Waals surface area contributed by atoms with Crippen LogP contribution in [0.1, 0.15) is 219 Å². The van der Waals surface area contributed by atoms with Gasteiger partial charge in [-0.1, -0.05) is 141 Å². The van der Waals surface area contributed by atoms with Gasteiger partial charge in [0.2, 0.25) is 0 Å². The summed E-state index contributed by atoms with van der Waals surface area (Å²) in [6, 6.07) is 0. The first-order chi connectivity index (χ1) is 30.5. The zero-order valence-electron chi connectivity index (χ0n) is 40.6. The van der Waals surface area contributed by atoms with Crippen molar-refractivity contribution >= 4 is 161 Å². The minimum absolute atomic E-state index is 0. The zero-order valence-corrected chi connectivity index (χ0v) is 47.2. The Morgan fingerprint density at radius 3 is 0.761 bits per heavy atom. The van der Waals surface area contributed by atoms with Gasteiger partial charge in [0.1, 0.15) is 0 Å². The predicted molar refractivity (Wildman–Crippen MR) is 242 cm³/mol. The van der Waals surface area contributed by atoms with Crippen molar-refractivity contribution in [2.75, 3.05) is 0 Å². The van der Waals surface area contributed by atoms with Crippen LogP contribution in [0.4, 0.5) is 0 Å². The Bertz CT molecular complexity index is 1280. The molecule has 0 spiro atoms. The number of esters is 2. The number of allylic oxidation sites excluding steroid dienone is 4. The van der Waals surface area contributed by atoms with E-state index in [0.29, 0.717) is 12.8 Å². The summed E-state index contributed by atoms with van der Waals surface area (Å²) in [5.74, 6) is -13.7. The molecule has 0 rings (SSSR count). The van der Waals surface area contributed by atoms with Gasteiger partial charge in [-0.3, -0.25) is 9.59 Å². The van der Waals surface area contributed by atoms with Gasteiger partial charge in [-0.2, -0.15) is 0 Å². The number of unbranched alkanes of at least 4 members (excludes halogenated alkanes) is 22. The van der Waals surface area contributed by atoms with Crippen molar-refractivity contribution in [2.24, 2.45) is 0 Å². The first-order valence-electron chi connectivity index (χ1n) is 23.4. The van der Waals surface area contributed by atoms with Crippen LogP contribution in [0.2, 0.25) is 0 Å². The summed E-state index contributed by atoms with van der Waals surface area (Å²) in [5.41, 5.74) is -5.65. The Labute approximate surface area is 488 Å². The molecule has 0 aliphatic carbocycles. The number of carbonyl (C=O) groups is 8. The van der Waals surface area contributed by atoms with Gasteiger partial charge in [0.05, 0.1) is 11.9 Å². The molecule has 16 nitrogen and oxygen atoms in total. The molecule has 0 N–H and O–H groups in total. The molecule has 0 aromatic rings. The Morgan fingerprint density at radius 1 is 0.343 bits per heavy atom. The Balaban J connectivity index is -0.000000366. The van der Waals surface area contributed by atoms with Crippen molar-refractivity contribution in [2.45, 2.75) is 231 Å². The first-order valence-corrected chi connectivity index (χ1v) is 23.4. The maximum absolute atomic E-state index is 11.9. The third-order valence-corrected chi connectivity index (χ3v) is 10.4. The zero-order chi connectivity index (χ0) is 48.5. The van der Waals surface area contributed by atoms with E-state index < -0.39 is 84.6 Å². The van der Waals surface area contributed by atoms with Gasteiger partial charge in [0.25, 0.3) is 0 Å². The molecule has 0 unspecified atom stereocenters. The molecule has 0 bridgehead atoms. The fraction of sp³-hybridized carbons (Fsp3) is 0.750. The van der Waals surface area contributed by atoms with Crippen LogP contribution in [0.25, 0.3) is 0 Å².